The maximum Gasteiger partial charge on any atom is 0.311 e. The zero-order valence-electron chi connectivity index (χ0n) is 14.0. The number of hydrogen-bond donors (Lipinski definition) is 1. The number of aryl methyl sites for hydroxylation is 1. The van der Waals surface area contributed by atoms with Gasteiger partial charge < -0.3 is 19.5 Å². The molecule has 2 heterocycles. The Kier molecular flexibility index (Phi) is 4.66. The molecule has 1 fully saturated rings. The van der Waals surface area contributed by atoms with Gasteiger partial charge >= 0.3 is 5.69 Å². The summed E-state index contributed by atoms with van der Waals surface area (Å²) in [6, 6.07) is 4.02. The van der Waals surface area contributed by atoms with E-state index in [9.17, 15) is 14.9 Å². The number of rotatable bonds is 4. The van der Waals surface area contributed by atoms with Crippen LogP contribution in [0.5, 0.6) is 5.75 Å². The van der Waals surface area contributed by atoms with E-state index in [0.717, 1.165) is 5.82 Å². The number of amides is 1. The second kappa shape index (κ2) is 6.89. The average molecular weight is 345 g/mol. The summed E-state index contributed by atoms with van der Waals surface area (Å²) in [5.74, 6) is 0.631. The van der Waals surface area contributed by atoms with Gasteiger partial charge in [-0.15, -0.1) is 0 Å². The van der Waals surface area contributed by atoms with Crippen LogP contribution in [0.4, 0.5) is 5.69 Å². The predicted molar refractivity (Wildman–Crippen MR) is 89.5 cm³/mol. The van der Waals surface area contributed by atoms with E-state index in [1.54, 1.807) is 17.2 Å². The molecule has 9 nitrogen and oxygen atoms in total. The van der Waals surface area contributed by atoms with Gasteiger partial charge in [0.25, 0.3) is 5.91 Å². The minimum Gasteiger partial charge on any atom is -0.490 e. The molecule has 1 amide bonds. The first-order valence-electron chi connectivity index (χ1n) is 7.84. The van der Waals surface area contributed by atoms with Gasteiger partial charge in [-0.3, -0.25) is 14.9 Å². The number of imidazole rings is 1. The number of nitro benzene ring substituents is 1. The van der Waals surface area contributed by atoms with Crippen molar-refractivity contribution in [3.8, 4) is 5.75 Å². The number of aromatic nitrogens is 2. The molecule has 0 bridgehead atoms. The topological polar surface area (TPSA) is 103 Å². The van der Waals surface area contributed by atoms with Crippen molar-refractivity contribution in [2.45, 2.75) is 6.04 Å². The van der Waals surface area contributed by atoms with Gasteiger partial charge in [-0.25, -0.2) is 4.98 Å². The number of nitrogens with one attached hydrogen (secondary N) is 1. The van der Waals surface area contributed by atoms with E-state index in [0.29, 0.717) is 19.6 Å². The average Bonchev–Trinajstić information content (AvgIpc) is 3.06. The van der Waals surface area contributed by atoms with Gasteiger partial charge in [0.15, 0.2) is 5.75 Å². The molecule has 1 saturated heterocycles. The Morgan fingerprint density at radius 2 is 2.28 bits per heavy atom. The lowest BCUT2D eigenvalue weighted by atomic mass is 10.1. The SMILES string of the molecule is COc1ccc(C(=O)N2CCNCC2c2nccn2C)cc1[N+](=O)[O-]. The van der Waals surface area contributed by atoms with Crippen LogP contribution >= 0.6 is 0 Å². The number of ether oxygens (including phenoxy) is 1. The van der Waals surface area contributed by atoms with E-state index >= 15 is 0 Å². The Morgan fingerprint density at radius 1 is 1.48 bits per heavy atom. The van der Waals surface area contributed by atoms with Crippen LogP contribution in [0.15, 0.2) is 30.6 Å². The Balaban J connectivity index is 1.94. The number of nitrogens with zero attached hydrogens (tertiary/aromatic N) is 4. The van der Waals surface area contributed by atoms with Crippen LogP contribution in [0.1, 0.15) is 22.2 Å². The molecule has 1 aromatic heterocycles. The van der Waals surface area contributed by atoms with Gasteiger partial charge in [0.1, 0.15) is 11.9 Å². The van der Waals surface area contributed by atoms with Crippen molar-refractivity contribution in [1.82, 2.24) is 19.8 Å². The molecule has 2 aromatic rings. The molecule has 1 aliphatic heterocycles. The summed E-state index contributed by atoms with van der Waals surface area (Å²) in [7, 11) is 3.23. The summed E-state index contributed by atoms with van der Waals surface area (Å²) in [6.45, 7) is 1.73. The van der Waals surface area contributed by atoms with Crippen molar-refractivity contribution in [2.75, 3.05) is 26.7 Å². The summed E-state index contributed by atoms with van der Waals surface area (Å²) in [5.41, 5.74) is 0.0330. The summed E-state index contributed by atoms with van der Waals surface area (Å²) in [4.78, 5) is 29.7. The smallest absolute Gasteiger partial charge is 0.311 e. The normalized spacial score (nSPS) is 17.4. The van der Waals surface area contributed by atoms with E-state index in [1.807, 2.05) is 17.8 Å². The lowest BCUT2D eigenvalue weighted by Crippen LogP contribution is -2.49. The molecule has 1 unspecified atom stereocenters. The molecule has 0 radical (unpaired) electrons. The Morgan fingerprint density at radius 3 is 2.92 bits per heavy atom. The van der Waals surface area contributed by atoms with Crippen molar-refractivity contribution < 1.29 is 14.5 Å². The number of hydrogen-bond acceptors (Lipinski definition) is 6. The molecule has 1 aromatic carbocycles. The van der Waals surface area contributed by atoms with E-state index in [-0.39, 0.29) is 28.9 Å². The number of carbonyl (C=O) groups excluding carboxylic acids is 1. The largest absolute Gasteiger partial charge is 0.490 e. The summed E-state index contributed by atoms with van der Waals surface area (Å²) in [6.07, 6.45) is 3.51. The number of methoxy groups -OCH3 is 1. The van der Waals surface area contributed by atoms with Gasteiger partial charge in [0, 0.05) is 50.7 Å². The highest BCUT2D eigenvalue weighted by atomic mass is 16.6. The zero-order chi connectivity index (χ0) is 18.0. The first kappa shape index (κ1) is 16.9. The van der Waals surface area contributed by atoms with Crippen molar-refractivity contribution in [1.29, 1.82) is 0 Å². The highest BCUT2D eigenvalue weighted by molar-refractivity contribution is 5.95. The molecule has 9 heteroatoms. The third-order valence-corrected chi connectivity index (χ3v) is 4.28. The Labute approximate surface area is 144 Å². The van der Waals surface area contributed by atoms with Gasteiger partial charge in [-0.2, -0.15) is 0 Å². The van der Waals surface area contributed by atoms with E-state index in [2.05, 4.69) is 10.3 Å². The van der Waals surface area contributed by atoms with Crippen molar-refractivity contribution in [3.63, 3.8) is 0 Å². The monoisotopic (exact) mass is 345 g/mol. The Hall–Kier alpha value is -2.94. The predicted octanol–water partition coefficient (Wildman–Crippen LogP) is 1.12. The summed E-state index contributed by atoms with van der Waals surface area (Å²) in [5, 5.41) is 14.5. The van der Waals surface area contributed by atoms with Crippen LogP contribution in [0.25, 0.3) is 0 Å². The fourth-order valence-electron chi connectivity index (χ4n) is 3.01. The van der Waals surface area contributed by atoms with Crippen LogP contribution in [-0.2, 0) is 7.05 Å². The van der Waals surface area contributed by atoms with Gasteiger partial charge in [0.2, 0.25) is 0 Å². The van der Waals surface area contributed by atoms with Crippen LogP contribution in [0.2, 0.25) is 0 Å². The fourth-order valence-corrected chi connectivity index (χ4v) is 3.01. The second-order valence-electron chi connectivity index (χ2n) is 5.76. The quantitative estimate of drug-likeness (QED) is 0.658. The molecule has 0 spiro atoms. The van der Waals surface area contributed by atoms with E-state index in [1.165, 1.54) is 19.2 Å². The lowest BCUT2D eigenvalue weighted by molar-refractivity contribution is -0.385. The molecule has 3 rings (SSSR count). The van der Waals surface area contributed by atoms with Gasteiger partial charge in [-0.1, -0.05) is 0 Å². The van der Waals surface area contributed by atoms with Gasteiger partial charge in [0.05, 0.1) is 12.0 Å². The molecule has 25 heavy (non-hydrogen) atoms. The molecule has 1 atom stereocenters. The highest BCUT2D eigenvalue weighted by Gasteiger charge is 2.32. The van der Waals surface area contributed by atoms with E-state index < -0.39 is 4.92 Å². The second-order valence-corrected chi connectivity index (χ2v) is 5.76. The maximum atomic E-state index is 13.0. The first-order chi connectivity index (χ1) is 12.0. The minimum absolute atomic E-state index is 0.127. The molecule has 1 N–H and O–H groups in total. The van der Waals surface area contributed by atoms with Crippen LogP contribution in [0, 0.1) is 10.1 Å². The first-order valence-corrected chi connectivity index (χ1v) is 7.84. The standard InChI is InChI=1S/C16H19N5O4/c1-19-7-6-18-15(19)13-10-17-5-8-20(13)16(22)11-3-4-14(25-2)12(9-11)21(23)24/h3-4,6-7,9,13,17H,5,8,10H2,1-2H3. The maximum absolute atomic E-state index is 13.0. The number of carbonyl (C=O) groups is 1. The Bertz CT molecular complexity index is 804. The zero-order valence-corrected chi connectivity index (χ0v) is 14.0. The van der Waals surface area contributed by atoms with Crippen molar-refractivity contribution >= 4 is 11.6 Å². The molecular formula is C16H19N5O4. The highest BCUT2D eigenvalue weighted by Crippen LogP contribution is 2.29. The van der Waals surface area contributed by atoms with Crippen molar-refractivity contribution in [2.24, 2.45) is 7.05 Å². The minimum atomic E-state index is -0.552. The summed E-state index contributed by atoms with van der Waals surface area (Å²) >= 11 is 0. The third kappa shape index (κ3) is 3.18. The molecular weight excluding hydrogens is 326 g/mol. The van der Waals surface area contributed by atoms with E-state index in [4.69, 9.17) is 4.74 Å². The molecule has 0 aliphatic carbocycles. The molecule has 0 saturated carbocycles. The lowest BCUT2D eigenvalue weighted by Gasteiger charge is -2.35. The van der Waals surface area contributed by atoms with Gasteiger partial charge in [-0.05, 0) is 12.1 Å². The fraction of sp³-hybridized carbons (Fsp3) is 0.375. The van der Waals surface area contributed by atoms with Crippen LogP contribution in [-0.4, -0.2) is 52.0 Å². The number of piperazine rings is 1. The van der Waals surface area contributed by atoms with Crippen molar-refractivity contribution in [3.05, 3.63) is 52.1 Å². The number of benzene rings is 1. The van der Waals surface area contributed by atoms with Crippen LogP contribution < -0.4 is 10.1 Å². The number of nitro groups is 1. The third-order valence-electron chi connectivity index (χ3n) is 4.28. The summed E-state index contributed by atoms with van der Waals surface area (Å²) < 4.78 is 6.86. The molecule has 132 valence electrons. The molecule has 1 aliphatic rings. The van der Waals surface area contributed by atoms with Crippen LogP contribution in [0.3, 0.4) is 0 Å².